The number of hydrogen-bond acceptors (Lipinski definition) is 2. The van der Waals surface area contributed by atoms with Gasteiger partial charge in [0.25, 0.3) is 0 Å². The van der Waals surface area contributed by atoms with Gasteiger partial charge in [-0.15, -0.1) is 0 Å². The van der Waals surface area contributed by atoms with Gasteiger partial charge in [0.15, 0.2) is 0 Å². The van der Waals surface area contributed by atoms with Gasteiger partial charge in [-0.2, -0.15) is 0 Å². The van der Waals surface area contributed by atoms with Gasteiger partial charge in [-0.05, 0) is 18.4 Å². The van der Waals surface area contributed by atoms with Crippen LogP contribution in [0.15, 0.2) is 49.1 Å². The number of imidazole rings is 1. The van der Waals surface area contributed by atoms with Gasteiger partial charge in [0, 0.05) is 43.4 Å². The zero-order chi connectivity index (χ0) is 16.4. The molecule has 3 rings (SSSR count). The van der Waals surface area contributed by atoms with Crippen LogP contribution in [-0.2, 0) is 10.2 Å². The minimum Gasteiger partial charge on any atom is -0.341 e. The number of likely N-dealkylation sites (tertiary alicyclic amines) is 1. The number of hydrogen-bond donors (Lipinski definition) is 0. The summed E-state index contributed by atoms with van der Waals surface area (Å²) in [6.45, 7) is 8.21. The molecule has 122 valence electrons. The molecule has 4 heteroatoms. The maximum Gasteiger partial charge on any atom is 0.224 e. The molecule has 1 saturated heterocycles. The van der Waals surface area contributed by atoms with E-state index < -0.39 is 0 Å². The maximum atomic E-state index is 12.6. The zero-order valence-corrected chi connectivity index (χ0v) is 14.1. The highest BCUT2D eigenvalue weighted by atomic mass is 16.2. The minimum atomic E-state index is 0.106. The lowest BCUT2D eigenvalue weighted by Gasteiger charge is -2.53. The van der Waals surface area contributed by atoms with Crippen molar-refractivity contribution >= 4 is 5.91 Å². The molecule has 1 amide bonds. The summed E-state index contributed by atoms with van der Waals surface area (Å²) in [7, 11) is 0. The lowest BCUT2D eigenvalue weighted by Crippen LogP contribution is -2.63. The average Bonchev–Trinajstić information content (AvgIpc) is 3.01. The van der Waals surface area contributed by atoms with Gasteiger partial charge in [0.1, 0.15) is 0 Å². The zero-order valence-electron chi connectivity index (χ0n) is 14.1. The molecule has 1 aliphatic rings. The van der Waals surface area contributed by atoms with E-state index in [4.69, 9.17) is 0 Å². The van der Waals surface area contributed by atoms with Crippen LogP contribution in [-0.4, -0.2) is 33.4 Å². The van der Waals surface area contributed by atoms with Crippen LogP contribution in [0, 0.1) is 5.92 Å². The molecule has 23 heavy (non-hydrogen) atoms. The molecule has 0 aliphatic carbocycles. The first-order chi connectivity index (χ1) is 11.0. The van der Waals surface area contributed by atoms with Crippen molar-refractivity contribution in [2.24, 2.45) is 5.92 Å². The van der Waals surface area contributed by atoms with Gasteiger partial charge in [0.2, 0.25) is 5.91 Å². The fraction of sp³-hybridized carbons (Fsp3) is 0.474. The predicted molar refractivity (Wildman–Crippen MR) is 91.1 cm³/mol. The summed E-state index contributed by atoms with van der Waals surface area (Å²) in [5.41, 5.74) is 1.46. The summed E-state index contributed by atoms with van der Waals surface area (Å²) >= 11 is 0. The molecular weight excluding hydrogens is 286 g/mol. The third-order valence-corrected chi connectivity index (χ3v) is 5.26. The molecule has 0 saturated carbocycles. The third-order valence-electron chi connectivity index (χ3n) is 5.26. The highest BCUT2D eigenvalue weighted by Crippen LogP contribution is 2.41. The van der Waals surface area contributed by atoms with Crippen LogP contribution in [0.1, 0.15) is 38.8 Å². The molecule has 1 fully saturated rings. The average molecular weight is 311 g/mol. The van der Waals surface area contributed by atoms with Crippen molar-refractivity contribution in [3.63, 3.8) is 0 Å². The van der Waals surface area contributed by atoms with Crippen molar-refractivity contribution in [3.05, 3.63) is 54.6 Å². The fourth-order valence-electron chi connectivity index (χ4n) is 3.48. The predicted octanol–water partition coefficient (Wildman–Crippen LogP) is 3.27. The van der Waals surface area contributed by atoms with Gasteiger partial charge < -0.3 is 9.47 Å². The third kappa shape index (κ3) is 2.90. The first-order valence-electron chi connectivity index (χ1n) is 8.33. The van der Waals surface area contributed by atoms with E-state index in [1.807, 2.05) is 21.7 Å². The molecule has 1 aromatic carbocycles. The Balaban J connectivity index is 1.65. The van der Waals surface area contributed by atoms with Crippen LogP contribution < -0.4 is 0 Å². The normalized spacial score (nSPS) is 17.8. The summed E-state index contributed by atoms with van der Waals surface area (Å²) in [4.78, 5) is 18.6. The maximum absolute atomic E-state index is 12.6. The molecule has 0 spiro atoms. The van der Waals surface area contributed by atoms with Crippen molar-refractivity contribution in [1.29, 1.82) is 0 Å². The van der Waals surface area contributed by atoms with Gasteiger partial charge in [-0.1, -0.05) is 44.2 Å². The van der Waals surface area contributed by atoms with E-state index in [1.54, 1.807) is 12.5 Å². The molecule has 0 unspecified atom stereocenters. The van der Waals surface area contributed by atoms with E-state index in [9.17, 15) is 4.79 Å². The standard InChI is InChI=1S/C19H25N3O/c1-15(2)19(17-7-5-4-6-8-17)12-22(13-19)18(23)11-16(3)21-10-9-20-14-21/h4-10,14-16H,11-13H2,1-3H3/t16-/m0/s1. The fourth-order valence-corrected chi connectivity index (χ4v) is 3.48. The number of rotatable bonds is 5. The number of benzene rings is 1. The van der Waals surface area contributed by atoms with Crippen LogP contribution in [0.2, 0.25) is 0 Å². The van der Waals surface area contributed by atoms with Crippen molar-refractivity contribution in [1.82, 2.24) is 14.5 Å². The highest BCUT2D eigenvalue weighted by Gasteiger charge is 2.48. The number of amides is 1. The summed E-state index contributed by atoms with van der Waals surface area (Å²) in [6.07, 6.45) is 5.97. The summed E-state index contributed by atoms with van der Waals surface area (Å²) in [5, 5.41) is 0. The Morgan fingerprint density at radius 3 is 2.48 bits per heavy atom. The summed E-state index contributed by atoms with van der Waals surface area (Å²) in [5.74, 6) is 0.749. The smallest absolute Gasteiger partial charge is 0.224 e. The van der Waals surface area contributed by atoms with Gasteiger partial charge in [0.05, 0.1) is 6.33 Å². The summed E-state index contributed by atoms with van der Waals surface area (Å²) < 4.78 is 1.99. The summed E-state index contributed by atoms with van der Waals surface area (Å²) in [6, 6.07) is 10.8. The second kappa shape index (κ2) is 6.19. The Labute approximate surface area is 138 Å². The van der Waals surface area contributed by atoms with Crippen molar-refractivity contribution < 1.29 is 4.79 Å². The van der Waals surface area contributed by atoms with Crippen LogP contribution in [0.25, 0.3) is 0 Å². The second-order valence-corrected chi connectivity index (χ2v) is 6.99. The molecule has 0 radical (unpaired) electrons. The topological polar surface area (TPSA) is 38.1 Å². The van der Waals surface area contributed by atoms with Crippen molar-refractivity contribution in [2.75, 3.05) is 13.1 Å². The first kappa shape index (κ1) is 15.8. The number of carbonyl (C=O) groups is 1. The van der Waals surface area contributed by atoms with Crippen molar-refractivity contribution in [3.8, 4) is 0 Å². The minimum absolute atomic E-state index is 0.106. The van der Waals surface area contributed by atoms with Gasteiger partial charge in [-0.3, -0.25) is 4.79 Å². The number of aromatic nitrogens is 2. The molecular formula is C19H25N3O. The van der Waals surface area contributed by atoms with Gasteiger partial charge in [-0.25, -0.2) is 4.98 Å². The number of carbonyl (C=O) groups excluding carboxylic acids is 1. The largest absolute Gasteiger partial charge is 0.341 e. The van der Waals surface area contributed by atoms with E-state index in [1.165, 1.54) is 5.56 Å². The van der Waals surface area contributed by atoms with Crippen LogP contribution >= 0.6 is 0 Å². The van der Waals surface area contributed by atoms with Crippen molar-refractivity contribution in [2.45, 2.75) is 38.6 Å². The molecule has 1 atom stereocenters. The van der Waals surface area contributed by atoms with Crippen LogP contribution in [0.4, 0.5) is 0 Å². The lowest BCUT2D eigenvalue weighted by atomic mass is 9.66. The Bertz CT molecular complexity index is 643. The SMILES string of the molecule is CC(C)C1(c2ccccc2)CN(C(=O)C[C@H](C)n2ccnc2)C1. The molecule has 0 bridgehead atoms. The molecule has 2 heterocycles. The monoisotopic (exact) mass is 311 g/mol. The van der Waals surface area contributed by atoms with E-state index >= 15 is 0 Å². The van der Waals surface area contributed by atoms with E-state index in [2.05, 4.69) is 50.0 Å². The quantitative estimate of drug-likeness (QED) is 0.850. The van der Waals surface area contributed by atoms with E-state index in [0.29, 0.717) is 12.3 Å². The van der Waals surface area contributed by atoms with E-state index in [0.717, 1.165) is 13.1 Å². The van der Waals surface area contributed by atoms with Crippen LogP contribution in [0.3, 0.4) is 0 Å². The van der Waals surface area contributed by atoms with Gasteiger partial charge >= 0.3 is 0 Å². The Morgan fingerprint density at radius 2 is 1.91 bits per heavy atom. The molecule has 2 aromatic rings. The van der Waals surface area contributed by atoms with Crippen LogP contribution in [0.5, 0.6) is 0 Å². The highest BCUT2D eigenvalue weighted by molar-refractivity contribution is 5.78. The Morgan fingerprint density at radius 1 is 1.22 bits per heavy atom. The molecule has 1 aliphatic heterocycles. The first-order valence-corrected chi connectivity index (χ1v) is 8.33. The lowest BCUT2D eigenvalue weighted by molar-refractivity contribution is -0.141. The second-order valence-electron chi connectivity index (χ2n) is 6.99. The molecule has 1 aromatic heterocycles. The molecule has 0 N–H and O–H groups in total. The van der Waals surface area contributed by atoms with E-state index in [-0.39, 0.29) is 17.4 Å². The Kier molecular flexibility index (Phi) is 4.24. The Hall–Kier alpha value is -2.10. The molecule has 4 nitrogen and oxygen atoms in total. The number of nitrogens with zero attached hydrogens (tertiary/aromatic N) is 3.